The maximum atomic E-state index is 14.5. The van der Waals surface area contributed by atoms with Crippen molar-refractivity contribution in [2.24, 2.45) is 0 Å². The lowest BCUT2D eigenvalue weighted by molar-refractivity contribution is -0.0217. The summed E-state index contributed by atoms with van der Waals surface area (Å²) in [5.74, 6) is -0.524. The molecular weight excluding hydrogens is 357 g/mol. The van der Waals surface area contributed by atoms with E-state index < -0.39 is 17.5 Å². The van der Waals surface area contributed by atoms with E-state index >= 15 is 0 Å². The Hall–Kier alpha value is -0.160. The van der Waals surface area contributed by atoms with Crippen molar-refractivity contribution in [1.29, 1.82) is 0 Å². The van der Waals surface area contributed by atoms with Gasteiger partial charge in [0.15, 0.2) is 0 Å². The zero-order valence-corrected chi connectivity index (χ0v) is 14.8. The third-order valence-electron chi connectivity index (χ3n) is 4.73. The lowest BCUT2D eigenvalue weighted by Crippen LogP contribution is -2.49. The first-order valence-electron chi connectivity index (χ1n) is 7.39. The van der Waals surface area contributed by atoms with Crippen molar-refractivity contribution in [3.8, 4) is 0 Å². The van der Waals surface area contributed by atoms with Gasteiger partial charge in [0.25, 0.3) is 0 Å². The second-order valence-corrected chi connectivity index (χ2v) is 7.31. The molecule has 1 unspecified atom stereocenters. The molecule has 118 valence electrons. The second-order valence-electron chi connectivity index (χ2n) is 6.08. The van der Waals surface area contributed by atoms with E-state index in [1.165, 1.54) is 12.8 Å². The van der Waals surface area contributed by atoms with Crippen molar-refractivity contribution in [1.82, 2.24) is 4.90 Å². The van der Waals surface area contributed by atoms with Gasteiger partial charge in [-0.25, -0.2) is 4.39 Å². The number of halogens is 3. The number of hydrogen-bond donors (Lipinski definition) is 1. The first-order valence-corrected chi connectivity index (χ1v) is 8.56. The third-order valence-corrected chi connectivity index (χ3v) is 5.99. The summed E-state index contributed by atoms with van der Waals surface area (Å²) >= 11 is 9.19. The summed E-state index contributed by atoms with van der Waals surface area (Å²) in [6.07, 6.45) is 5.32. The first-order chi connectivity index (χ1) is 9.90. The number of rotatable bonds is 3. The zero-order chi connectivity index (χ0) is 15.6. The van der Waals surface area contributed by atoms with Crippen LogP contribution in [0.5, 0.6) is 0 Å². The van der Waals surface area contributed by atoms with E-state index in [2.05, 4.69) is 20.8 Å². The van der Waals surface area contributed by atoms with Gasteiger partial charge in [0.2, 0.25) is 0 Å². The Labute approximate surface area is 139 Å². The molecular formula is C16H22BrClFNO. The van der Waals surface area contributed by atoms with Crippen LogP contribution < -0.4 is 0 Å². The molecule has 21 heavy (non-hydrogen) atoms. The second kappa shape index (κ2) is 6.95. The fourth-order valence-corrected chi connectivity index (χ4v) is 3.83. The first kappa shape index (κ1) is 17.2. The summed E-state index contributed by atoms with van der Waals surface area (Å²) in [6, 6.07) is 3.33. The van der Waals surface area contributed by atoms with E-state index in [0.29, 0.717) is 10.0 Å². The maximum Gasteiger partial charge on any atom is 0.148 e. The highest BCUT2D eigenvalue weighted by Gasteiger charge is 2.42. The summed E-state index contributed by atoms with van der Waals surface area (Å²) in [5, 5.41) is 11.0. The molecule has 0 heterocycles. The Bertz CT molecular complexity index is 501. The van der Waals surface area contributed by atoms with Crippen molar-refractivity contribution in [2.75, 3.05) is 14.1 Å². The number of benzene rings is 1. The minimum Gasteiger partial charge on any atom is -0.386 e. The molecule has 1 atom stereocenters. The fraction of sp³-hybridized carbons (Fsp3) is 0.625. The van der Waals surface area contributed by atoms with Crippen LogP contribution in [0, 0.1) is 5.82 Å². The summed E-state index contributed by atoms with van der Waals surface area (Å²) in [7, 11) is 3.93. The maximum absolute atomic E-state index is 14.5. The van der Waals surface area contributed by atoms with Gasteiger partial charge in [-0.2, -0.15) is 0 Å². The number of nitrogens with zero attached hydrogens (tertiary/aromatic N) is 1. The van der Waals surface area contributed by atoms with Gasteiger partial charge in [0, 0.05) is 10.0 Å². The predicted octanol–water partition coefficient (Wildman–Crippen LogP) is 4.93. The molecule has 2 rings (SSSR count). The molecule has 0 amide bonds. The van der Waals surface area contributed by atoms with Gasteiger partial charge in [-0.05, 0) is 48.9 Å². The normalized spacial score (nSPS) is 20.3. The summed E-state index contributed by atoms with van der Waals surface area (Å²) < 4.78 is 15.0. The van der Waals surface area contributed by atoms with Gasteiger partial charge in [0.05, 0.1) is 10.6 Å². The number of likely N-dealkylation sites (N-methyl/N-ethyl adjacent to an activating group) is 1. The lowest BCUT2D eigenvalue weighted by Gasteiger charge is -2.43. The average molecular weight is 379 g/mol. The third kappa shape index (κ3) is 3.29. The molecule has 1 fully saturated rings. The molecule has 0 spiro atoms. The van der Waals surface area contributed by atoms with Crippen molar-refractivity contribution < 1.29 is 9.50 Å². The van der Waals surface area contributed by atoms with Crippen LogP contribution in [-0.2, 0) is 0 Å². The van der Waals surface area contributed by atoms with Crippen LogP contribution in [0.1, 0.15) is 50.2 Å². The molecule has 1 aromatic rings. The molecule has 5 heteroatoms. The van der Waals surface area contributed by atoms with Gasteiger partial charge in [-0.15, -0.1) is 0 Å². The minimum atomic E-state index is -0.879. The Morgan fingerprint density at radius 3 is 2.33 bits per heavy atom. The zero-order valence-electron chi connectivity index (χ0n) is 12.5. The lowest BCUT2D eigenvalue weighted by atomic mass is 9.80. The van der Waals surface area contributed by atoms with E-state index in [9.17, 15) is 9.50 Å². The molecule has 0 aromatic heterocycles. The molecule has 1 aliphatic carbocycles. The van der Waals surface area contributed by atoms with Crippen LogP contribution >= 0.6 is 27.5 Å². The molecule has 1 aliphatic rings. The smallest absolute Gasteiger partial charge is 0.148 e. The molecule has 0 bridgehead atoms. The van der Waals surface area contributed by atoms with Crippen molar-refractivity contribution in [3.63, 3.8) is 0 Å². The van der Waals surface area contributed by atoms with Crippen LogP contribution in [0.25, 0.3) is 0 Å². The largest absolute Gasteiger partial charge is 0.386 e. The van der Waals surface area contributed by atoms with Crippen LogP contribution in [0.15, 0.2) is 16.6 Å². The van der Waals surface area contributed by atoms with E-state index in [1.807, 2.05) is 14.1 Å². The van der Waals surface area contributed by atoms with E-state index in [1.54, 1.807) is 12.1 Å². The summed E-state index contributed by atoms with van der Waals surface area (Å²) in [5.41, 5.74) is -0.132. The number of aliphatic hydroxyl groups excluding tert-OH is 1. The Morgan fingerprint density at radius 1 is 1.24 bits per heavy atom. The highest BCUT2D eigenvalue weighted by Crippen LogP contribution is 2.43. The van der Waals surface area contributed by atoms with Crippen LogP contribution in [0.4, 0.5) is 4.39 Å². The quantitative estimate of drug-likeness (QED) is 0.595. The highest BCUT2D eigenvalue weighted by atomic mass is 79.9. The number of hydrogen-bond acceptors (Lipinski definition) is 2. The molecule has 0 aliphatic heterocycles. The van der Waals surface area contributed by atoms with Crippen LogP contribution in [0.2, 0.25) is 5.02 Å². The SMILES string of the molecule is CN(C)C1(C(O)c2ccc(Br)c(Cl)c2F)CCCCCC1. The van der Waals surface area contributed by atoms with Gasteiger partial charge >= 0.3 is 0 Å². The minimum absolute atomic E-state index is 0.0362. The Kier molecular flexibility index (Phi) is 5.69. The van der Waals surface area contributed by atoms with E-state index in [4.69, 9.17) is 11.6 Å². The molecule has 1 N–H and O–H groups in total. The van der Waals surface area contributed by atoms with Gasteiger partial charge in [-0.1, -0.05) is 43.4 Å². The van der Waals surface area contributed by atoms with Gasteiger partial charge in [0.1, 0.15) is 11.9 Å². The Balaban J connectivity index is 2.43. The Morgan fingerprint density at radius 2 is 1.81 bits per heavy atom. The van der Waals surface area contributed by atoms with Crippen LogP contribution in [0.3, 0.4) is 0 Å². The van der Waals surface area contributed by atoms with Crippen molar-refractivity contribution >= 4 is 27.5 Å². The van der Waals surface area contributed by atoms with E-state index in [0.717, 1.165) is 25.7 Å². The molecule has 0 radical (unpaired) electrons. The molecule has 1 aromatic carbocycles. The van der Waals surface area contributed by atoms with Crippen LogP contribution in [-0.4, -0.2) is 29.6 Å². The topological polar surface area (TPSA) is 23.5 Å². The van der Waals surface area contributed by atoms with Crippen molar-refractivity contribution in [3.05, 3.63) is 33.0 Å². The standard InChI is InChI=1S/C16H22BrClFNO/c1-20(2)16(9-5-3-4-6-10-16)15(21)11-7-8-12(17)13(18)14(11)19/h7-8,15,21H,3-6,9-10H2,1-2H3. The summed E-state index contributed by atoms with van der Waals surface area (Å²) in [6.45, 7) is 0. The molecule has 2 nitrogen and oxygen atoms in total. The summed E-state index contributed by atoms with van der Waals surface area (Å²) in [4.78, 5) is 2.05. The monoisotopic (exact) mass is 377 g/mol. The molecule has 1 saturated carbocycles. The fourth-order valence-electron chi connectivity index (χ4n) is 3.35. The van der Waals surface area contributed by atoms with Gasteiger partial charge in [-0.3, -0.25) is 0 Å². The van der Waals surface area contributed by atoms with Gasteiger partial charge < -0.3 is 10.0 Å². The highest BCUT2D eigenvalue weighted by molar-refractivity contribution is 9.10. The molecule has 0 saturated heterocycles. The van der Waals surface area contributed by atoms with E-state index in [-0.39, 0.29) is 5.02 Å². The predicted molar refractivity (Wildman–Crippen MR) is 88.2 cm³/mol. The van der Waals surface area contributed by atoms with Crippen molar-refractivity contribution in [2.45, 2.75) is 50.2 Å². The average Bonchev–Trinajstić information content (AvgIpc) is 2.71. The number of aliphatic hydroxyl groups is 1.